The maximum atomic E-state index is 2.44. The molecule has 1 saturated carbocycles. The number of rotatable bonds is 2. The molecule has 1 fully saturated rings. The van der Waals surface area contributed by atoms with Gasteiger partial charge in [0.25, 0.3) is 0 Å². The number of hydrogen-bond donors (Lipinski definition) is 0. The number of hydrogen-bond acceptors (Lipinski definition) is 0. The molecule has 2 unspecified atom stereocenters. The molecule has 0 saturated heterocycles. The quantitative estimate of drug-likeness (QED) is 0.573. The van der Waals surface area contributed by atoms with E-state index in [0.29, 0.717) is 0 Å². The van der Waals surface area contributed by atoms with E-state index in [1.807, 2.05) is 0 Å². The molecule has 0 heterocycles. The zero-order chi connectivity index (χ0) is 8.81. The summed E-state index contributed by atoms with van der Waals surface area (Å²) in [7, 11) is 0. The standard InChI is InChI=1S/C12H24/c1-3-7-12-9-6-4-5-8-11(2)10-12/h11-12H,3-10H2,1-2H3. The van der Waals surface area contributed by atoms with Crippen LogP contribution in [0.25, 0.3) is 0 Å². The minimum Gasteiger partial charge on any atom is -0.0654 e. The van der Waals surface area contributed by atoms with E-state index >= 15 is 0 Å². The molecule has 0 aromatic rings. The summed E-state index contributed by atoms with van der Waals surface area (Å²) in [5.41, 5.74) is 0. The van der Waals surface area contributed by atoms with Gasteiger partial charge >= 0.3 is 0 Å². The third-order valence-corrected chi connectivity index (χ3v) is 3.24. The van der Waals surface area contributed by atoms with Crippen molar-refractivity contribution in [1.29, 1.82) is 0 Å². The SMILES string of the molecule is CCCC1CCCCCC(C)C1. The van der Waals surface area contributed by atoms with Crippen LogP contribution in [0.5, 0.6) is 0 Å². The second-order valence-corrected chi connectivity index (χ2v) is 4.63. The molecule has 0 N–H and O–H groups in total. The van der Waals surface area contributed by atoms with Crippen LogP contribution in [0.3, 0.4) is 0 Å². The van der Waals surface area contributed by atoms with Gasteiger partial charge in [-0.25, -0.2) is 0 Å². The highest BCUT2D eigenvalue weighted by atomic mass is 14.2. The van der Waals surface area contributed by atoms with Crippen LogP contribution >= 0.6 is 0 Å². The molecule has 0 nitrogen and oxygen atoms in total. The van der Waals surface area contributed by atoms with E-state index < -0.39 is 0 Å². The predicted octanol–water partition coefficient (Wildman–Crippen LogP) is 4.39. The summed E-state index contributed by atoms with van der Waals surface area (Å²) in [6.45, 7) is 4.76. The zero-order valence-electron chi connectivity index (χ0n) is 8.81. The molecule has 12 heavy (non-hydrogen) atoms. The van der Waals surface area contributed by atoms with Gasteiger partial charge in [-0.2, -0.15) is 0 Å². The molecule has 72 valence electrons. The van der Waals surface area contributed by atoms with Crippen LogP contribution in [0.1, 0.15) is 65.2 Å². The van der Waals surface area contributed by atoms with Crippen molar-refractivity contribution in [2.75, 3.05) is 0 Å². The van der Waals surface area contributed by atoms with Crippen molar-refractivity contribution >= 4 is 0 Å². The largest absolute Gasteiger partial charge is 0.0654 e. The van der Waals surface area contributed by atoms with Crippen LogP contribution in [-0.2, 0) is 0 Å². The van der Waals surface area contributed by atoms with Gasteiger partial charge in [0.05, 0.1) is 0 Å². The van der Waals surface area contributed by atoms with E-state index in [2.05, 4.69) is 13.8 Å². The average Bonchev–Trinajstić information content (AvgIpc) is 2.00. The van der Waals surface area contributed by atoms with Crippen LogP contribution < -0.4 is 0 Å². The fourth-order valence-electron chi connectivity index (χ4n) is 2.58. The topological polar surface area (TPSA) is 0 Å². The van der Waals surface area contributed by atoms with Gasteiger partial charge in [-0.15, -0.1) is 0 Å². The van der Waals surface area contributed by atoms with Crippen LogP contribution in [0.2, 0.25) is 0 Å². The highest BCUT2D eigenvalue weighted by Gasteiger charge is 2.14. The Bertz CT molecular complexity index is 107. The highest BCUT2D eigenvalue weighted by molar-refractivity contribution is 4.67. The van der Waals surface area contributed by atoms with Crippen molar-refractivity contribution in [2.45, 2.75) is 65.2 Å². The maximum absolute atomic E-state index is 2.44. The van der Waals surface area contributed by atoms with Gasteiger partial charge in [0.1, 0.15) is 0 Å². The third-order valence-electron chi connectivity index (χ3n) is 3.24. The smallest absolute Gasteiger partial charge is 0.0412 e. The van der Waals surface area contributed by atoms with E-state index in [9.17, 15) is 0 Å². The second kappa shape index (κ2) is 5.61. The molecule has 0 amide bonds. The van der Waals surface area contributed by atoms with Gasteiger partial charge in [0.2, 0.25) is 0 Å². The third kappa shape index (κ3) is 3.60. The van der Waals surface area contributed by atoms with Gasteiger partial charge in [-0.1, -0.05) is 58.8 Å². The molecule has 0 heteroatoms. The van der Waals surface area contributed by atoms with E-state index in [1.54, 1.807) is 0 Å². The molecular formula is C12H24. The van der Waals surface area contributed by atoms with Crippen molar-refractivity contribution in [2.24, 2.45) is 11.8 Å². The minimum absolute atomic E-state index is 1.00. The van der Waals surface area contributed by atoms with Gasteiger partial charge in [-0.05, 0) is 18.3 Å². The summed E-state index contributed by atoms with van der Waals surface area (Å²) < 4.78 is 0. The Hall–Kier alpha value is 0. The second-order valence-electron chi connectivity index (χ2n) is 4.63. The minimum atomic E-state index is 1.00. The van der Waals surface area contributed by atoms with Gasteiger partial charge in [-0.3, -0.25) is 0 Å². The molecular weight excluding hydrogens is 144 g/mol. The molecule has 0 spiro atoms. The maximum Gasteiger partial charge on any atom is -0.0412 e. The molecule has 1 aliphatic rings. The lowest BCUT2D eigenvalue weighted by molar-refractivity contribution is 0.296. The summed E-state index contributed by atoms with van der Waals surface area (Å²) in [5, 5.41) is 0. The lowest BCUT2D eigenvalue weighted by atomic mass is 9.83. The Labute approximate surface area is 77.7 Å². The first-order valence-electron chi connectivity index (χ1n) is 5.83. The van der Waals surface area contributed by atoms with Crippen LogP contribution in [-0.4, -0.2) is 0 Å². The molecule has 1 aliphatic carbocycles. The van der Waals surface area contributed by atoms with Crippen molar-refractivity contribution in [3.05, 3.63) is 0 Å². The van der Waals surface area contributed by atoms with Crippen LogP contribution in [0.15, 0.2) is 0 Å². The van der Waals surface area contributed by atoms with Gasteiger partial charge < -0.3 is 0 Å². The summed E-state index contributed by atoms with van der Waals surface area (Å²) in [4.78, 5) is 0. The summed E-state index contributed by atoms with van der Waals surface area (Å²) >= 11 is 0. The van der Waals surface area contributed by atoms with Crippen LogP contribution in [0.4, 0.5) is 0 Å². The van der Waals surface area contributed by atoms with E-state index in [0.717, 1.165) is 11.8 Å². The fraction of sp³-hybridized carbons (Fsp3) is 1.00. The molecule has 2 atom stereocenters. The summed E-state index contributed by atoms with van der Waals surface area (Å²) in [6.07, 6.45) is 11.8. The molecule has 1 rings (SSSR count). The van der Waals surface area contributed by atoms with Crippen molar-refractivity contribution in [1.82, 2.24) is 0 Å². The monoisotopic (exact) mass is 168 g/mol. The molecule has 0 aliphatic heterocycles. The Morgan fingerprint density at radius 1 is 1.08 bits per heavy atom. The molecule has 0 bridgehead atoms. The average molecular weight is 168 g/mol. The first kappa shape index (κ1) is 10.1. The molecule has 0 aromatic heterocycles. The predicted molar refractivity (Wildman–Crippen MR) is 55.3 cm³/mol. The first-order chi connectivity index (χ1) is 5.83. The molecule has 0 radical (unpaired) electrons. The van der Waals surface area contributed by atoms with E-state index in [1.165, 1.54) is 51.4 Å². The first-order valence-corrected chi connectivity index (χ1v) is 5.83. The van der Waals surface area contributed by atoms with Crippen molar-refractivity contribution < 1.29 is 0 Å². The highest BCUT2D eigenvalue weighted by Crippen LogP contribution is 2.28. The van der Waals surface area contributed by atoms with Gasteiger partial charge in [0, 0.05) is 0 Å². The van der Waals surface area contributed by atoms with E-state index in [4.69, 9.17) is 0 Å². The Balaban J connectivity index is 2.27. The summed E-state index contributed by atoms with van der Waals surface area (Å²) in [6, 6.07) is 0. The fourth-order valence-corrected chi connectivity index (χ4v) is 2.58. The van der Waals surface area contributed by atoms with Crippen LogP contribution in [0, 0.1) is 11.8 Å². The van der Waals surface area contributed by atoms with E-state index in [-0.39, 0.29) is 0 Å². The zero-order valence-corrected chi connectivity index (χ0v) is 8.81. The Morgan fingerprint density at radius 2 is 1.83 bits per heavy atom. The summed E-state index contributed by atoms with van der Waals surface area (Å²) in [5.74, 6) is 2.06. The molecule has 0 aromatic carbocycles. The van der Waals surface area contributed by atoms with Crippen molar-refractivity contribution in [3.63, 3.8) is 0 Å². The lowest BCUT2D eigenvalue weighted by Crippen LogP contribution is -2.09. The Kier molecular flexibility index (Phi) is 4.72. The van der Waals surface area contributed by atoms with Crippen molar-refractivity contribution in [3.8, 4) is 0 Å². The normalized spacial score (nSPS) is 32.5. The Morgan fingerprint density at radius 3 is 2.58 bits per heavy atom. The lowest BCUT2D eigenvalue weighted by Gasteiger charge is -2.23. The van der Waals surface area contributed by atoms with Gasteiger partial charge in [0.15, 0.2) is 0 Å².